The fraction of sp³-hybridized carbons (Fsp3) is 0.304. The lowest BCUT2D eigenvalue weighted by atomic mass is 10.1. The predicted octanol–water partition coefficient (Wildman–Crippen LogP) is 4.20. The van der Waals surface area contributed by atoms with Gasteiger partial charge in [0.05, 0.1) is 18.8 Å². The summed E-state index contributed by atoms with van der Waals surface area (Å²) in [5, 5.41) is 9.07. The molecule has 0 unspecified atom stereocenters. The van der Waals surface area contributed by atoms with E-state index in [0.717, 1.165) is 41.4 Å². The number of rotatable bonds is 7. The minimum atomic E-state index is 0.605. The summed E-state index contributed by atoms with van der Waals surface area (Å²) in [6.45, 7) is 6.15. The van der Waals surface area contributed by atoms with Gasteiger partial charge in [-0.3, -0.25) is 9.98 Å². The van der Waals surface area contributed by atoms with Gasteiger partial charge >= 0.3 is 0 Å². The van der Waals surface area contributed by atoms with Crippen LogP contribution in [0.3, 0.4) is 0 Å². The van der Waals surface area contributed by atoms with Gasteiger partial charge in [0.1, 0.15) is 5.75 Å². The normalized spacial score (nSPS) is 11.5. The smallest absolute Gasteiger partial charge is 0.191 e. The van der Waals surface area contributed by atoms with Crippen molar-refractivity contribution < 1.29 is 4.74 Å². The van der Waals surface area contributed by atoms with Gasteiger partial charge in [0.25, 0.3) is 0 Å². The number of nitrogens with one attached hydrogen (secondary N) is 2. The van der Waals surface area contributed by atoms with Crippen molar-refractivity contribution in [3.05, 3.63) is 71.5 Å². The second-order valence-electron chi connectivity index (χ2n) is 6.72. The third-order valence-corrected chi connectivity index (χ3v) is 4.53. The number of benzene rings is 2. The molecule has 0 spiro atoms. The Labute approximate surface area is 166 Å². The molecule has 0 saturated carbocycles. The Morgan fingerprint density at radius 2 is 1.89 bits per heavy atom. The highest BCUT2D eigenvalue weighted by molar-refractivity contribution is 5.85. The van der Waals surface area contributed by atoms with Gasteiger partial charge in [-0.15, -0.1) is 0 Å². The Kier molecular flexibility index (Phi) is 6.84. The summed E-state index contributed by atoms with van der Waals surface area (Å²) in [4.78, 5) is 8.86. The molecule has 0 bridgehead atoms. The van der Waals surface area contributed by atoms with Gasteiger partial charge in [-0.1, -0.05) is 43.3 Å². The molecule has 1 heterocycles. The van der Waals surface area contributed by atoms with Gasteiger partial charge in [-0.05, 0) is 36.4 Å². The van der Waals surface area contributed by atoms with Gasteiger partial charge in [0.15, 0.2) is 5.96 Å². The second kappa shape index (κ2) is 9.74. The zero-order valence-electron chi connectivity index (χ0n) is 16.8. The van der Waals surface area contributed by atoms with Crippen LogP contribution in [0.15, 0.2) is 59.7 Å². The molecule has 5 heteroatoms. The van der Waals surface area contributed by atoms with Crippen molar-refractivity contribution in [3.63, 3.8) is 0 Å². The van der Waals surface area contributed by atoms with Gasteiger partial charge in [0, 0.05) is 30.7 Å². The number of hydrogen-bond donors (Lipinski definition) is 2. The first-order chi connectivity index (χ1) is 13.7. The maximum Gasteiger partial charge on any atom is 0.191 e. The molecule has 3 rings (SSSR count). The summed E-state index contributed by atoms with van der Waals surface area (Å²) in [7, 11) is 1.77. The molecule has 0 atom stereocenters. The second-order valence-corrected chi connectivity index (χ2v) is 6.72. The van der Waals surface area contributed by atoms with E-state index in [1.807, 2.05) is 24.4 Å². The van der Waals surface area contributed by atoms with E-state index in [-0.39, 0.29) is 0 Å². The number of nitrogens with zero attached hydrogens (tertiary/aromatic N) is 2. The number of aliphatic imine (C=N–C) groups is 1. The van der Waals surface area contributed by atoms with Crippen LogP contribution in [0.4, 0.5) is 0 Å². The third kappa shape index (κ3) is 5.00. The first-order valence-corrected chi connectivity index (χ1v) is 9.70. The number of aryl methyl sites for hydroxylation is 1. The molecule has 3 aromatic rings. The lowest BCUT2D eigenvalue weighted by molar-refractivity contribution is 0.313. The summed E-state index contributed by atoms with van der Waals surface area (Å²) in [5.74, 6) is 1.66. The average molecular weight is 377 g/mol. The van der Waals surface area contributed by atoms with Crippen LogP contribution in [0.2, 0.25) is 0 Å². The molecular formula is C23H28N4O. The van der Waals surface area contributed by atoms with Crippen LogP contribution in [-0.4, -0.2) is 24.6 Å². The Hall–Kier alpha value is -3.08. The van der Waals surface area contributed by atoms with Crippen LogP contribution >= 0.6 is 0 Å². The molecule has 2 aromatic carbocycles. The highest BCUT2D eigenvalue weighted by atomic mass is 16.5. The van der Waals surface area contributed by atoms with E-state index in [1.165, 1.54) is 10.9 Å². The van der Waals surface area contributed by atoms with E-state index in [2.05, 4.69) is 64.8 Å². The monoisotopic (exact) mass is 376 g/mol. The van der Waals surface area contributed by atoms with Gasteiger partial charge in [0.2, 0.25) is 0 Å². The minimum absolute atomic E-state index is 0.605. The molecule has 146 valence electrons. The lowest BCUT2D eigenvalue weighted by Crippen LogP contribution is -2.36. The number of pyridine rings is 1. The van der Waals surface area contributed by atoms with Gasteiger partial charge in [-0.25, -0.2) is 0 Å². The molecular weight excluding hydrogens is 348 g/mol. The summed E-state index contributed by atoms with van der Waals surface area (Å²) in [6, 6.07) is 16.6. The molecule has 1 aromatic heterocycles. The molecule has 0 fully saturated rings. The number of guanidine groups is 1. The zero-order valence-corrected chi connectivity index (χ0v) is 16.8. The van der Waals surface area contributed by atoms with E-state index >= 15 is 0 Å². The van der Waals surface area contributed by atoms with E-state index < -0.39 is 0 Å². The average Bonchev–Trinajstić information content (AvgIpc) is 2.73. The van der Waals surface area contributed by atoms with Crippen LogP contribution < -0.4 is 15.4 Å². The first-order valence-electron chi connectivity index (χ1n) is 9.70. The lowest BCUT2D eigenvalue weighted by Gasteiger charge is -2.15. The number of ether oxygens (including phenoxy) is 1. The Bertz CT molecular complexity index is 947. The molecule has 28 heavy (non-hydrogen) atoms. The highest BCUT2D eigenvalue weighted by Crippen LogP contribution is 2.20. The van der Waals surface area contributed by atoms with E-state index in [4.69, 9.17) is 4.74 Å². The number of fused-ring (bicyclic) bond motifs is 1. The van der Waals surface area contributed by atoms with Crippen LogP contribution in [-0.2, 0) is 13.1 Å². The van der Waals surface area contributed by atoms with Gasteiger partial charge in [-0.2, -0.15) is 0 Å². The quantitative estimate of drug-likeness (QED) is 0.479. The summed E-state index contributed by atoms with van der Waals surface area (Å²) in [5.41, 5.74) is 3.31. The molecule has 0 aliphatic carbocycles. The van der Waals surface area contributed by atoms with E-state index in [1.54, 1.807) is 7.05 Å². The standard InChI is InChI=1S/C23H28N4O/c1-4-13-28-22-14-17(2)9-10-19(22)15-26-23(24-3)27-16-21-20-8-6-5-7-18(20)11-12-25-21/h5-12,14H,4,13,15-16H2,1-3H3,(H2,24,26,27). The van der Waals surface area contributed by atoms with Crippen molar-refractivity contribution in [1.82, 2.24) is 15.6 Å². The van der Waals surface area contributed by atoms with E-state index in [9.17, 15) is 0 Å². The fourth-order valence-corrected chi connectivity index (χ4v) is 3.04. The summed E-state index contributed by atoms with van der Waals surface area (Å²) in [6.07, 6.45) is 2.83. The van der Waals surface area contributed by atoms with Crippen molar-refractivity contribution in [2.75, 3.05) is 13.7 Å². The molecule has 5 nitrogen and oxygen atoms in total. The molecule has 2 N–H and O–H groups in total. The Morgan fingerprint density at radius 1 is 1.07 bits per heavy atom. The van der Waals surface area contributed by atoms with Crippen molar-refractivity contribution in [3.8, 4) is 5.75 Å². The molecule has 0 saturated heterocycles. The highest BCUT2D eigenvalue weighted by Gasteiger charge is 2.07. The van der Waals surface area contributed by atoms with E-state index in [0.29, 0.717) is 13.1 Å². The Morgan fingerprint density at radius 3 is 2.71 bits per heavy atom. The van der Waals surface area contributed by atoms with Crippen molar-refractivity contribution in [1.29, 1.82) is 0 Å². The first kappa shape index (κ1) is 19.7. The SMILES string of the molecule is CCCOc1cc(C)ccc1CNC(=NC)NCc1nccc2ccccc12. The number of aromatic nitrogens is 1. The fourth-order valence-electron chi connectivity index (χ4n) is 3.04. The predicted molar refractivity (Wildman–Crippen MR) is 116 cm³/mol. The largest absolute Gasteiger partial charge is 0.493 e. The minimum Gasteiger partial charge on any atom is -0.493 e. The maximum absolute atomic E-state index is 5.90. The van der Waals surface area contributed by atoms with Crippen molar-refractivity contribution >= 4 is 16.7 Å². The van der Waals surface area contributed by atoms with Gasteiger partial charge < -0.3 is 15.4 Å². The van der Waals surface area contributed by atoms with Crippen molar-refractivity contribution in [2.45, 2.75) is 33.4 Å². The molecule has 0 radical (unpaired) electrons. The maximum atomic E-state index is 5.90. The molecule has 0 aliphatic heterocycles. The summed E-state index contributed by atoms with van der Waals surface area (Å²) >= 11 is 0. The summed E-state index contributed by atoms with van der Waals surface area (Å²) < 4.78 is 5.90. The Balaban J connectivity index is 1.64. The van der Waals surface area contributed by atoms with Crippen molar-refractivity contribution in [2.24, 2.45) is 4.99 Å². The van der Waals surface area contributed by atoms with Crippen LogP contribution in [0.1, 0.15) is 30.2 Å². The zero-order chi connectivity index (χ0) is 19.8. The van der Waals surface area contributed by atoms with Crippen LogP contribution in [0, 0.1) is 6.92 Å². The molecule has 0 aliphatic rings. The number of hydrogen-bond acceptors (Lipinski definition) is 3. The van der Waals surface area contributed by atoms with Crippen LogP contribution in [0.5, 0.6) is 5.75 Å². The van der Waals surface area contributed by atoms with Crippen LogP contribution in [0.25, 0.3) is 10.8 Å². The third-order valence-electron chi connectivity index (χ3n) is 4.53. The topological polar surface area (TPSA) is 58.5 Å². The molecule has 0 amide bonds.